The summed E-state index contributed by atoms with van der Waals surface area (Å²) in [6.45, 7) is 4.33. The van der Waals surface area contributed by atoms with Crippen LogP contribution in [0.2, 0.25) is 0 Å². The molecule has 0 saturated carbocycles. The fraction of sp³-hybridized carbons (Fsp3) is 0.600. The number of hydrogen-bond donors (Lipinski definition) is 1. The smallest absolute Gasteiger partial charge is 0.383 e. The second-order valence-corrected chi connectivity index (χ2v) is 5.14. The van der Waals surface area contributed by atoms with Gasteiger partial charge in [0.2, 0.25) is 0 Å². The number of nitrogens with zero attached hydrogens (tertiary/aromatic N) is 1. The summed E-state index contributed by atoms with van der Waals surface area (Å²) in [6, 6.07) is 6.95. The summed E-state index contributed by atoms with van der Waals surface area (Å²) in [4.78, 5) is 1.38. The first kappa shape index (κ1) is 17.8. The second kappa shape index (κ2) is 8.24. The molecule has 0 bridgehead atoms. The molecule has 0 saturated heterocycles. The van der Waals surface area contributed by atoms with Crippen molar-refractivity contribution >= 4 is 5.69 Å². The number of anilines is 1. The predicted octanol–water partition coefficient (Wildman–Crippen LogP) is 3.20. The van der Waals surface area contributed by atoms with Crippen LogP contribution in [0.3, 0.4) is 0 Å². The van der Waals surface area contributed by atoms with Gasteiger partial charge in [-0.1, -0.05) is 18.2 Å². The highest BCUT2D eigenvalue weighted by molar-refractivity contribution is 5.54. The molecule has 1 aromatic carbocycles. The number of para-hydroxylation sites is 1. The van der Waals surface area contributed by atoms with Crippen molar-refractivity contribution in [2.75, 3.05) is 31.7 Å². The number of halogens is 3. The quantitative estimate of drug-likeness (QED) is 0.747. The average molecular weight is 304 g/mol. The number of rotatable bonds is 8. The maximum atomic E-state index is 12.8. The van der Waals surface area contributed by atoms with Crippen molar-refractivity contribution in [1.82, 2.24) is 5.32 Å². The number of benzene rings is 1. The van der Waals surface area contributed by atoms with Crippen molar-refractivity contribution in [1.29, 1.82) is 0 Å². The summed E-state index contributed by atoms with van der Waals surface area (Å²) in [7, 11) is 1.61. The molecule has 1 N–H and O–H groups in total. The molecule has 0 spiro atoms. The van der Waals surface area contributed by atoms with Gasteiger partial charge in [0.05, 0.1) is 6.61 Å². The lowest BCUT2D eigenvalue weighted by molar-refractivity contribution is -0.120. The summed E-state index contributed by atoms with van der Waals surface area (Å²) in [5.41, 5.74) is 1.47. The first-order valence-electron chi connectivity index (χ1n) is 6.96. The first-order chi connectivity index (χ1) is 9.85. The van der Waals surface area contributed by atoms with Gasteiger partial charge in [-0.05, 0) is 25.5 Å². The van der Waals surface area contributed by atoms with E-state index < -0.39 is 12.7 Å². The molecule has 1 rings (SSSR count). The zero-order chi connectivity index (χ0) is 15.9. The number of alkyl halides is 3. The minimum absolute atomic E-state index is 0.230. The Kier molecular flexibility index (Phi) is 6.98. The third-order valence-electron chi connectivity index (χ3n) is 3.07. The first-order valence-corrected chi connectivity index (χ1v) is 6.96. The van der Waals surface area contributed by atoms with Crippen LogP contribution >= 0.6 is 0 Å². The number of hydrogen-bond acceptors (Lipinski definition) is 3. The second-order valence-electron chi connectivity index (χ2n) is 5.14. The SMILES string of the molecule is COCCNCc1ccccc1N(CC(F)(F)F)C(C)C. The zero-order valence-electron chi connectivity index (χ0n) is 12.7. The van der Waals surface area contributed by atoms with Gasteiger partial charge in [0.15, 0.2) is 0 Å². The zero-order valence-corrected chi connectivity index (χ0v) is 12.7. The van der Waals surface area contributed by atoms with Crippen molar-refractivity contribution in [2.45, 2.75) is 32.6 Å². The Bertz CT molecular complexity index is 422. The summed E-state index contributed by atoms with van der Waals surface area (Å²) in [5, 5.41) is 3.17. The molecule has 6 heteroatoms. The Balaban J connectivity index is 2.87. The van der Waals surface area contributed by atoms with Crippen LogP contribution in [0.1, 0.15) is 19.4 Å². The van der Waals surface area contributed by atoms with Gasteiger partial charge in [-0.2, -0.15) is 13.2 Å². The minimum atomic E-state index is -4.22. The molecule has 0 aliphatic carbocycles. The van der Waals surface area contributed by atoms with Gasteiger partial charge < -0.3 is 15.0 Å². The monoisotopic (exact) mass is 304 g/mol. The van der Waals surface area contributed by atoms with Crippen molar-refractivity contribution in [3.63, 3.8) is 0 Å². The van der Waals surface area contributed by atoms with Crippen LogP contribution in [0.15, 0.2) is 24.3 Å². The molecular formula is C15H23F3N2O. The lowest BCUT2D eigenvalue weighted by atomic mass is 10.1. The molecule has 1 aromatic rings. The largest absolute Gasteiger partial charge is 0.405 e. The van der Waals surface area contributed by atoms with Crippen LogP contribution < -0.4 is 10.2 Å². The summed E-state index contributed by atoms with van der Waals surface area (Å²) in [6.07, 6.45) is -4.22. The molecular weight excluding hydrogens is 281 g/mol. The van der Waals surface area contributed by atoms with Crippen LogP contribution in [0.5, 0.6) is 0 Å². The van der Waals surface area contributed by atoms with E-state index in [1.165, 1.54) is 4.90 Å². The topological polar surface area (TPSA) is 24.5 Å². The molecule has 0 aliphatic heterocycles. The Morgan fingerprint density at radius 3 is 2.48 bits per heavy atom. The lowest BCUT2D eigenvalue weighted by Gasteiger charge is -2.31. The molecule has 0 radical (unpaired) electrons. The van der Waals surface area contributed by atoms with Crippen molar-refractivity contribution in [3.05, 3.63) is 29.8 Å². The molecule has 0 unspecified atom stereocenters. The van der Waals surface area contributed by atoms with E-state index in [0.29, 0.717) is 25.4 Å². The van der Waals surface area contributed by atoms with E-state index in [2.05, 4.69) is 5.32 Å². The molecule has 0 amide bonds. The highest BCUT2D eigenvalue weighted by Crippen LogP contribution is 2.27. The van der Waals surface area contributed by atoms with Gasteiger partial charge in [0.1, 0.15) is 6.54 Å². The van der Waals surface area contributed by atoms with E-state index in [1.54, 1.807) is 33.1 Å². The standard InChI is InChI=1S/C15H23F3N2O/c1-12(2)20(11-15(16,17)18)14-7-5-4-6-13(14)10-19-8-9-21-3/h4-7,12,19H,8-11H2,1-3H3. The molecule has 0 fully saturated rings. The molecule has 3 nitrogen and oxygen atoms in total. The van der Waals surface area contributed by atoms with E-state index >= 15 is 0 Å². The van der Waals surface area contributed by atoms with Gasteiger partial charge in [-0.25, -0.2) is 0 Å². The fourth-order valence-electron chi connectivity index (χ4n) is 2.08. The van der Waals surface area contributed by atoms with Crippen molar-refractivity contribution < 1.29 is 17.9 Å². The third-order valence-corrected chi connectivity index (χ3v) is 3.07. The van der Waals surface area contributed by atoms with Gasteiger partial charge in [-0.3, -0.25) is 0 Å². The van der Waals surface area contributed by atoms with E-state index in [4.69, 9.17) is 4.74 Å². The van der Waals surface area contributed by atoms with Crippen LogP contribution in [0.4, 0.5) is 18.9 Å². The minimum Gasteiger partial charge on any atom is -0.383 e. The summed E-state index contributed by atoms with van der Waals surface area (Å²) < 4.78 is 43.2. The number of ether oxygens (including phenoxy) is 1. The fourth-order valence-corrected chi connectivity index (χ4v) is 2.08. The summed E-state index contributed by atoms with van der Waals surface area (Å²) in [5.74, 6) is 0. The highest BCUT2D eigenvalue weighted by atomic mass is 19.4. The van der Waals surface area contributed by atoms with Gasteiger partial charge in [0, 0.05) is 31.9 Å². The molecule has 0 heterocycles. The summed E-state index contributed by atoms with van der Waals surface area (Å²) >= 11 is 0. The Morgan fingerprint density at radius 1 is 1.24 bits per heavy atom. The van der Waals surface area contributed by atoms with E-state index in [9.17, 15) is 13.2 Å². The van der Waals surface area contributed by atoms with Crippen LogP contribution in [0.25, 0.3) is 0 Å². The number of methoxy groups -OCH3 is 1. The van der Waals surface area contributed by atoms with Gasteiger partial charge in [0.25, 0.3) is 0 Å². The maximum absolute atomic E-state index is 12.8. The normalized spacial score (nSPS) is 12.0. The van der Waals surface area contributed by atoms with Gasteiger partial charge in [-0.15, -0.1) is 0 Å². The molecule has 0 aliphatic rings. The van der Waals surface area contributed by atoms with Crippen LogP contribution in [-0.2, 0) is 11.3 Å². The van der Waals surface area contributed by atoms with Crippen LogP contribution in [0, 0.1) is 0 Å². The van der Waals surface area contributed by atoms with E-state index in [1.807, 2.05) is 12.1 Å². The van der Waals surface area contributed by atoms with Crippen molar-refractivity contribution in [2.24, 2.45) is 0 Å². The van der Waals surface area contributed by atoms with Crippen molar-refractivity contribution in [3.8, 4) is 0 Å². The van der Waals surface area contributed by atoms with Gasteiger partial charge >= 0.3 is 6.18 Å². The average Bonchev–Trinajstić information content (AvgIpc) is 2.40. The van der Waals surface area contributed by atoms with E-state index in [-0.39, 0.29) is 6.04 Å². The van der Waals surface area contributed by atoms with Crippen LogP contribution in [-0.4, -0.2) is 39.0 Å². The van der Waals surface area contributed by atoms with E-state index in [0.717, 1.165) is 5.56 Å². The third kappa shape index (κ3) is 6.35. The Hall–Kier alpha value is -1.27. The lowest BCUT2D eigenvalue weighted by Crippen LogP contribution is -2.40. The Labute approximate surface area is 124 Å². The Morgan fingerprint density at radius 2 is 1.90 bits per heavy atom. The maximum Gasteiger partial charge on any atom is 0.405 e. The highest BCUT2D eigenvalue weighted by Gasteiger charge is 2.32. The molecule has 0 atom stereocenters. The predicted molar refractivity (Wildman–Crippen MR) is 78.6 cm³/mol. The molecule has 21 heavy (non-hydrogen) atoms. The number of nitrogens with one attached hydrogen (secondary N) is 1. The molecule has 120 valence electrons. The molecule has 0 aromatic heterocycles.